The summed E-state index contributed by atoms with van der Waals surface area (Å²) in [5.41, 5.74) is 4.05. The molecule has 4 aromatic rings. The van der Waals surface area contributed by atoms with Gasteiger partial charge in [-0.3, -0.25) is 4.79 Å². The van der Waals surface area contributed by atoms with Gasteiger partial charge in [0.2, 0.25) is 5.89 Å². The molecule has 3 aromatic carbocycles. The predicted molar refractivity (Wildman–Crippen MR) is 125 cm³/mol. The Hall–Kier alpha value is -3.80. The van der Waals surface area contributed by atoms with Crippen LogP contribution in [-0.2, 0) is 4.79 Å². The first-order valence-electron chi connectivity index (χ1n) is 10.6. The largest absolute Gasteiger partial charge is 0.497 e. The SMILES string of the molecule is CCC(C)c1ccc(OCC(=O)Nc2ccc3oc(-c4ccc(OC)cc4)nc3c2)cc1. The maximum atomic E-state index is 12.3. The van der Waals surface area contributed by atoms with Gasteiger partial charge in [0.1, 0.15) is 17.0 Å². The number of fused-ring (bicyclic) bond motifs is 1. The van der Waals surface area contributed by atoms with Crippen LogP contribution >= 0.6 is 0 Å². The van der Waals surface area contributed by atoms with E-state index in [1.165, 1.54) is 5.56 Å². The molecule has 4 rings (SSSR count). The van der Waals surface area contributed by atoms with Gasteiger partial charge in [-0.15, -0.1) is 0 Å². The molecule has 6 heteroatoms. The number of carbonyl (C=O) groups excluding carboxylic acids is 1. The van der Waals surface area contributed by atoms with Crippen LogP contribution in [0.1, 0.15) is 31.7 Å². The van der Waals surface area contributed by atoms with Crippen LogP contribution in [0.4, 0.5) is 5.69 Å². The van der Waals surface area contributed by atoms with Crippen molar-refractivity contribution < 1.29 is 18.7 Å². The second kappa shape index (κ2) is 9.56. The fraction of sp³-hybridized carbons (Fsp3) is 0.231. The Kier molecular flexibility index (Phi) is 6.40. The zero-order chi connectivity index (χ0) is 22.5. The van der Waals surface area contributed by atoms with Gasteiger partial charge in [0.25, 0.3) is 5.91 Å². The normalized spacial score (nSPS) is 11.8. The summed E-state index contributed by atoms with van der Waals surface area (Å²) in [5, 5.41) is 2.85. The van der Waals surface area contributed by atoms with E-state index >= 15 is 0 Å². The molecule has 1 N–H and O–H groups in total. The summed E-state index contributed by atoms with van der Waals surface area (Å²) in [7, 11) is 1.62. The zero-order valence-corrected chi connectivity index (χ0v) is 18.4. The molecule has 32 heavy (non-hydrogen) atoms. The lowest BCUT2D eigenvalue weighted by Gasteiger charge is -2.11. The Labute approximate surface area is 187 Å². The molecule has 0 radical (unpaired) electrons. The summed E-state index contributed by atoms with van der Waals surface area (Å²) < 4.78 is 16.6. The molecule has 6 nitrogen and oxygen atoms in total. The lowest BCUT2D eigenvalue weighted by Crippen LogP contribution is -2.20. The van der Waals surface area contributed by atoms with Gasteiger partial charge in [-0.25, -0.2) is 4.98 Å². The van der Waals surface area contributed by atoms with Crippen LogP contribution in [0.25, 0.3) is 22.6 Å². The maximum Gasteiger partial charge on any atom is 0.262 e. The number of benzene rings is 3. The van der Waals surface area contributed by atoms with E-state index in [2.05, 4.69) is 24.1 Å². The number of methoxy groups -OCH3 is 1. The molecule has 0 aliphatic carbocycles. The molecule has 0 saturated heterocycles. The Morgan fingerprint density at radius 1 is 1.03 bits per heavy atom. The highest BCUT2D eigenvalue weighted by Crippen LogP contribution is 2.27. The molecule has 0 spiro atoms. The number of nitrogens with zero attached hydrogens (tertiary/aromatic N) is 1. The third kappa shape index (κ3) is 4.91. The van der Waals surface area contributed by atoms with Crippen LogP contribution in [-0.4, -0.2) is 24.6 Å². The highest BCUT2D eigenvalue weighted by atomic mass is 16.5. The van der Waals surface area contributed by atoms with Crippen LogP contribution in [0.3, 0.4) is 0 Å². The highest BCUT2D eigenvalue weighted by Gasteiger charge is 2.11. The summed E-state index contributed by atoms with van der Waals surface area (Å²) in [5.74, 6) is 2.21. The van der Waals surface area contributed by atoms with E-state index in [0.29, 0.717) is 34.3 Å². The summed E-state index contributed by atoms with van der Waals surface area (Å²) >= 11 is 0. The van der Waals surface area contributed by atoms with Crippen molar-refractivity contribution in [2.75, 3.05) is 19.0 Å². The number of aromatic nitrogens is 1. The second-order valence-corrected chi connectivity index (χ2v) is 7.65. The smallest absolute Gasteiger partial charge is 0.262 e. The van der Waals surface area contributed by atoms with Gasteiger partial charge >= 0.3 is 0 Å². The first kappa shape index (κ1) is 21.4. The average molecular weight is 431 g/mol. The van der Waals surface area contributed by atoms with Gasteiger partial charge in [-0.05, 0) is 72.5 Å². The third-order valence-electron chi connectivity index (χ3n) is 5.44. The lowest BCUT2D eigenvalue weighted by atomic mass is 9.99. The summed E-state index contributed by atoms with van der Waals surface area (Å²) in [4.78, 5) is 16.9. The van der Waals surface area contributed by atoms with Crippen molar-refractivity contribution in [1.82, 2.24) is 4.98 Å². The van der Waals surface area contributed by atoms with Gasteiger partial charge in [-0.1, -0.05) is 26.0 Å². The van der Waals surface area contributed by atoms with Crippen LogP contribution in [0.15, 0.2) is 71.1 Å². The molecule has 0 saturated carbocycles. The van der Waals surface area contributed by atoms with E-state index < -0.39 is 0 Å². The van der Waals surface area contributed by atoms with E-state index in [1.54, 1.807) is 25.3 Å². The van der Waals surface area contributed by atoms with Gasteiger partial charge < -0.3 is 19.2 Å². The van der Waals surface area contributed by atoms with E-state index in [0.717, 1.165) is 17.7 Å². The molecule has 1 aromatic heterocycles. The lowest BCUT2D eigenvalue weighted by molar-refractivity contribution is -0.118. The summed E-state index contributed by atoms with van der Waals surface area (Å²) in [6.07, 6.45) is 1.08. The molecule has 1 unspecified atom stereocenters. The number of nitrogens with one attached hydrogen (secondary N) is 1. The van der Waals surface area contributed by atoms with Gasteiger partial charge in [0, 0.05) is 11.3 Å². The van der Waals surface area contributed by atoms with E-state index in [4.69, 9.17) is 13.9 Å². The number of hydrogen-bond acceptors (Lipinski definition) is 5. The van der Waals surface area contributed by atoms with E-state index in [1.807, 2.05) is 48.5 Å². The maximum absolute atomic E-state index is 12.3. The van der Waals surface area contributed by atoms with Crippen molar-refractivity contribution in [1.29, 1.82) is 0 Å². The van der Waals surface area contributed by atoms with Crippen LogP contribution in [0.2, 0.25) is 0 Å². The molecular formula is C26H26N2O4. The molecule has 1 amide bonds. The van der Waals surface area contributed by atoms with Crippen LogP contribution in [0, 0.1) is 0 Å². The Morgan fingerprint density at radius 3 is 2.44 bits per heavy atom. The molecule has 0 bridgehead atoms. The van der Waals surface area contributed by atoms with Crippen molar-refractivity contribution in [3.8, 4) is 23.0 Å². The number of anilines is 1. The van der Waals surface area contributed by atoms with Gasteiger partial charge in [0.15, 0.2) is 12.2 Å². The van der Waals surface area contributed by atoms with Crippen molar-refractivity contribution in [3.05, 3.63) is 72.3 Å². The minimum absolute atomic E-state index is 0.0728. The zero-order valence-electron chi connectivity index (χ0n) is 18.4. The quantitative estimate of drug-likeness (QED) is 0.369. The molecular weight excluding hydrogens is 404 g/mol. The standard InChI is InChI=1S/C26H26N2O4/c1-4-17(2)18-5-12-22(13-6-18)31-16-25(29)27-20-9-14-24-23(15-20)28-26(32-24)19-7-10-21(30-3)11-8-19/h5-15,17H,4,16H2,1-3H3,(H,27,29). The molecule has 0 aliphatic rings. The number of oxazole rings is 1. The number of ether oxygens (including phenoxy) is 2. The van der Waals surface area contributed by atoms with E-state index in [9.17, 15) is 4.79 Å². The fourth-order valence-electron chi connectivity index (χ4n) is 3.34. The predicted octanol–water partition coefficient (Wildman–Crippen LogP) is 6.03. The molecule has 1 heterocycles. The van der Waals surface area contributed by atoms with Crippen LogP contribution < -0.4 is 14.8 Å². The van der Waals surface area contributed by atoms with Crippen molar-refractivity contribution in [2.45, 2.75) is 26.2 Å². The first-order chi connectivity index (χ1) is 15.6. The minimum Gasteiger partial charge on any atom is -0.497 e. The third-order valence-corrected chi connectivity index (χ3v) is 5.44. The topological polar surface area (TPSA) is 73.6 Å². The highest BCUT2D eigenvalue weighted by molar-refractivity contribution is 5.94. The monoisotopic (exact) mass is 430 g/mol. The summed E-state index contributed by atoms with van der Waals surface area (Å²) in [6, 6.07) is 20.7. The second-order valence-electron chi connectivity index (χ2n) is 7.65. The number of carbonyl (C=O) groups is 1. The summed E-state index contributed by atoms with van der Waals surface area (Å²) in [6.45, 7) is 4.28. The number of rotatable bonds is 8. The molecule has 1 atom stereocenters. The van der Waals surface area contributed by atoms with Crippen molar-refractivity contribution >= 4 is 22.7 Å². The average Bonchev–Trinajstić information content (AvgIpc) is 3.26. The Balaban J connectivity index is 1.38. The number of amides is 1. The molecule has 0 aliphatic heterocycles. The molecule has 0 fully saturated rings. The Morgan fingerprint density at radius 2 is 1.75 bits per heavy atom. The van der Waals surface area contributed by atoms with Crippen LogP contribution in [0.5, 0.6) is 11.5 Å². The number of hydrogen-bond donors (Lipinski definition) is 1. The first-order valence-corrected chi connectivity index (χ1v) is 10.6. The van der Waals surface area contributed by atoms with E-state index in [-0.39, 0.29) is 12.5 Å². The Bertz CT molecular complexity index is 1200. The van der Waals surface area contributed by atoms with Crippen molar-refractivity contribution in [3.63, 3.8) is 0 Å². The fourth-order valence-corrected chi connectivity index (χ4v) is 3.34. The minimum atomic E-state index is -0.241. The van der Waals surface area contributed by atoms with Gasteiger partial charge in [0.05, 0.1) is 7.11 Å². The molecule has 164 valence electrons. The van der Waals surface area contributed by atoms with Crippen molar-refractivity contribution in [2.24, 2.45) is 0 Å². The van der Waals surface area contributed by atoms with Gasteiger partial charge in [-0.2, -0.15) is 0 Å².